The standard InChI is InChI=1S/C20H28N4O/c1-4-21-20(23-15-18-12-13-22-19(14-18)25-3)24-16(2)10-11-17-8-6-5-7-9-17/h5-9,12-14,16H,4,10-11,15H2,1-3H3,(H2,21,23,24). The molecule has 1 aromatic heterocycles. The van der Waals surface area contributed by atoms with Crippen molar-refractivity contribution in [2.24, 2.45) is 4.99 Å². The zero-order valence-corrected chi connectivity index (χ0v) is 15.3. The number of aliphatic imine (C=N–C) groups is 1. The molecule has 0 bridgehead atoms. The van der Waals surface area contributed by atoms with Crippen LogP contribution in [-0.2, 0) is 13.0 Å². The Morgan fingerprint density at radius 1 is 1.20 bits per heavy atom. The number of methoxy groups -OCH3 is 1. The average Bonchev–Trinajstić information content (AvgIpc) is 2.65. The number of hydrogen-bond acceptors (Lipinski definition) is 3. The molecule has 0 fully saturated rings. The molecule has 5 heteroatoms. The van der Waals surface area contributed by atoms with Gasteiger partial charge in [0, 0.05) is 24.8 Å². The van der Waals surface area contributed by atoms with Crippen LogP contribution in [0.15, 0.2) is 53.7 Å². The fraction of sp³-hybridized carbons (Fsp3) is 0.400. The van der Waals surface area contributed by atoms with Gasteiger partial charge < -0.3 is 15.4 Å². The lowest BCUT2D eigenvalue weighted by molar-refractivity contribution is 0.397. The minimum Gasteiger partial charge on any atom is -0.481 e. The number of guanidine groups is 1. The van der Waals surface area contributed by atoms with Crippen molar-refractivity contribution in [2.75, 3.05) is 13.7 Å². The van der Waals surface area contributed by atoms with Crippen LogP contribution in [0, 0.1) is 0 Å². The topological polar surface area (TPSA) is 58.5 Å². The lowest BCUT2D eigenvalue weighted by Gasteiger charge is -2.18. The van der Waals surface area contributed by atoms with Gasteiger partial charge in [-0.3, -0.25) is 0 Å². The van der Waals surface area contributed by atoms with E-state index < -0.39 is 0 Å². The fourth-order valence-corrected chi connectivity index (χ4v) is 2.48. The summed E-state index contributed by atoms with van der Waals surface area (Å²) in [5, 5.41) is 6.78. The SMILES string of the molecule is CCNC(=NCc1ccnc(OC)c1)NC(C)CCc1ccccc1. The summed E-state index contributed by atoms with van der Waals surface area (Å²) in [4.78, 5) is 8.79. The van der Waals surface area contributed by atoms with E-state index in [-0.39, 0.29) is 0 Å². The first kappa shape index (κ1) is 18.8. The van der Waals surface area contributed by atoms with Gasteiger partial charge >= 0.3 is 0 Å². The monoisotopic (exact) mass is 340 g/mol. The summed E-state index contributed by atoms with van der Waals surface area (Å²) in [7, 11) is 1.62. The molecule has 1 heterocycles. The Morgan fingerprint density at radius 2 is 2.00 bits per heavy atom. The molecule has 1 aromatic carbocycles. The molecule has 0 aliphatic carbocycles. The van der Waals surface area contributed by atoms with Crippen molar-refractivity contribution in [1.82, 2.24) is 15.6 Å². The van der Waals surface area contributed by atoms with Crippen LogP contribution < -0.4 is 15.4 Å². The highest BCUT2D eigenvalue weighted by Gasteiger charge is 2.06. The normalized spacial score (nSPS) is 12.5. The van der Waals surface area contributed by atoms with E-state index in [0.717, 1.165) is 30.9 Å². The van der Waals surface area contributed by atoms with Crippen LogP contribution in [0.2, 0.25) is 0 Å². The molecule has 0 spiro atoms. The van der Waals surface area contributed by atoms with Crippen LogP contribution >= 0.6 is 0 Å². The van der Waals surface area contributed by atoms with Crippen LogP contribution in [-0.4, -0.2) is 30.6 Å². The summed E-state index contributed by atoms with van der Waals surface area (Å²) < 4.78 is 5.16. The first-order valence-electron chi connectivity index (χ1n) is 8.79. The van der Waals surface area contributed by atoms with Gasteiger partial charge in [0.25, 0.3) is 0 Å². The number of nitrogens with zero attached hydrogens (tertiary/aromatic N) is 2. The maximum Gasteiger partial charge on any atom is 0.213 e. The lowest BCUT2D eigenvalue weighted by Crippen LogP contribution is -2.42. The summed E-state index contributed by atoms with van der Waals surface area (Å²) >= 11 is 0. The molecule has 2 aromatic rings. The summed E-state index contributed by atoms with van der Waals surface area (Å²) in [5.41, 5.74) is 2.43. The maximum absolute atomic E-state index is 5.16. The molecule has 0 amide bonds. The molecule has 0 radical (unpaired) electrons. The molecule has 25 heavy (non-hydrogen) atoms. The molecule has 134 valence electrons. The molecule has 0 aliphatic rings. The van der Waals surface area contributed by atoms with Crippen LogP contribution in [0.5, 0.6) is 5.88 Å². The molecule has 1 unspecified atom stereocenters. The first-order valence-corrected chi connectivity index (χ1v) is 8.79. The van der Waals surface area contributed by atoms with Gasteiger partial charge in [-0.2, -0.15) is 0 Å². The van der Waals surface area contributed by atoms with E-state index in [0.29, 0.717) is 18.5 Å². The highest BCUT2D eigenvalue weighted by Crippen LogP contribution is 2.09. The zero-order chi connectivity index (χ0) is 17.9. The molecule has 0 aliphatic heterocycles. The second-order valence-corrected chi connectivity index (χ2v) is 5.97. The van der Waals surface area contributed by atoms with Crippen molar-refractivity contribution >= 4 is 5.96 Å². The van der Waals surface area contributed by atoms with Gasteiger partial charge in [0.15, 0.2) is 5.96 Å². The van der Waals surface area contributed by atoms with Gasteiger partial charge in [0.2, 0.25) is 5.88 Å². The minimum absolute atomic E-state index is 0.338. The highest BCUT2D eigenvalue weighted by molar-refractivity contribution is 5.80. The molecular formula is C20H28N4O. The Labute approximate surface area is 150 Å². The number of rotatable bonds is 8. The Balaban J connectivity index is 1.89. The van der Waals surface area contributed by atoms with Gasteiger partial charge in [-0.25, -0.2) is 9.98 Å². The van der Waals surface area contributed by atoms with E-state index >= 15 is 0 Å². The van der Waals surface area contributed by atoms with Crippen LogP contribution in [0.1, 0.15) is 31.4 Å². The quantitative estimate of drug-likeness (QED) is 0.572. The van der Waals surface area contributed by atoms with Crippen molar-refractivity contribution in [3.63, 3.8) is 0 Å². The van der Waals surface area contributed by atoms with E-state index in [2.05, 4.69) is 64.8 Å². The summed E-state index contributed by atoms with van der Waals surface area (Å²) in [6.07, 6.45) is 3.85. The van der Waals surface area contributed by atoms with Crippen molar-refractivity contribution in [2.45, 2.75) is 39.3 Å². The Bertz CT molecular complexity index is 658. The molecule has 2 N–H and O–H groups in total. The third-order valence-corrected chi connectivity index (χ3v) is 3.86. The Kier molecular flexibility index (Phi) is 7.76. The van der Waals surface area contributed by atoms with Crippen molar-refractivity contribution in [3.8, 4) is 5.88 Å². The second-order valence-electron chi connectivity index (χ2n) is 5.97. The van der Waals surface area contributed by atoms with Crippen molar-refractivity contribution in [3.05, 3.63) is 59.8 Å². The van der Waals surface area contributed by atoms with E-state index in [1.54, 1.807) is 13.3 Å². The molecule has 2 rings (SSSR count). The van der Waals surface area contributed by atoms with Gasteiger partial charge in [-0.15, -0.1) is 0 Å². The van der Waals surface area contributed by atoms with Crippen molar-refractivity contribution in [1.29, 1.82) is 0 Å². The van der Waals surface area contributed by atoms with E-state index in [4.69, 9.17) is 4.74 Å². The number of aryl methyl sites for hydroxylation is 1. The molecule has 0 saturated heterocycles. The van der Waals surface area contributed by atoms with Gasteiger partial charge in [-0.05, 0) is 43.9 Å². The van der Waals surface area contributed by atoms with Crippen LogP contribution in [0.25, 0.3) is 0 Å². The maximum atomic E-state index is 5.16. The predicted molar refractivity (Wildman–Crippen MR) is 103 cm³/mol. The summed E-state index contributed by atoms with van der Waals surface area (Å²) in [6, 6.07) is 14.8. The smallest absolute Gasteiger partial charge is 0.213 e. The molecule has 1 atom stereocenters. The number of pyridine rings is 1. The van der Waals surface area contributed by atoms with Crippen LogP contribution in [0.4, 0.5) is 0 Å². The Morgan fingerprint density at radius 3 is 2.72 bits per heavy atom. The first-order chi connectivity index (χ1) is 12.2. The third-order valence-electron chi connectivity index (χ3n) is 3.86. The zero-order valence-electron chi connectivity index (χ0n) is 15.3. The van der Waals surface area contributed by atoms with Crippen LogP contribution in [0.3, 0.4) is 0 Å². The molecule has 5 nitrogen and oxygen atoms in total. The summed E-state index contributed by atoms with van der Waals surface area (Å²) in [6.45, 7) is 5.67. The minimum atomic E-state index is 0.338. The Hall–Kier alpha value is -2.56. The number of nitrogens with one attached hydrogen (secondary N) is 2. The van der Waals surface area contributed by atoms with Gasteiger partial charge in [0.05, 0.1) is 13.7 Å². The molecular weight excluding hydrogens is 312 g/mol. The number of aromatic nitrogens is 1. The average molecular weight is 340 g/mol. The predicted octanol–water partition coefficient (Wildman–Crippen LogP) is 3.17. The second kappa shape index (κ2) is 10.3. The largest absolute Gasteiger partial charge is 0.481 e. The van der Waals surface area contributed by atoms with E-state index in [1.165, 1.54) is 5.56 Å². The van der Waals surface area contributed by atoms with Gasteiger partial charge in [-0.1, -0.05) is 30.3 Å². The fourth-order valence-electron chi connectivity index (χ4n) is 2.48. The number of ether oxygens (including phenoxy) is 1. The number of benzene rings is 1. The number of hydrogen-bond donors (Lipinski definition) is 2. The highest BCUT2D eigenvalue weighted by atomic mass is 16.5. The van der Waals surface area contributed by atoms with E-state index in [9.17, 15) is 0 Å². The lowest BCUT2D eigenvalue weighted by atomic mass is 10.1. The molecule has 0 saturated carbocycles. The summed E-state index contributed by atoms with van der Waals surface area (Å²) in [5.74, 6) is 1.45. The third kappa shape index (κ3) is 6.83. The van der Waals surface area contributed by atoms with E-state index in [1.807, 2.05) is 12.1 Å². The van der Waals surface area contributed by atoms with Crippen molar-refractivity contribution < 1.29 is 4.74 Å². The van der Waals surface area contributed by atoms with Gasteiger partial charge in [0.1, 0.15) is 0 Å².